The van der Waals surface area contributed by atoms with E-state index in [1.54, 1.807) is 12.3 Å². The second kappa shape index (κ2) is 6.89. The van der Waals surface area contributed by atoms with Crippen molar-refractivity contribution in [1.82, 2.24) is 10.3 Å². The molecule has 5 heteroatoms. The number of pyridine rings is 1. The molecule has 0 bridgehead atoms. The van der Waals surface area contributed by atoms with Gasteiger partial charge in [-0.1, -0.05) is 24.3 Å². The number of carbonyl (C=O) groups is 1. The van der Waals surface area contributed by atoms with Crippen LogP contribution in [0.3, 0.4) is 0 Å². The van der Waals surface area contributed by atoms with E-state index in [1.165, 1.54) is 6.08 Å². The van der Waals surface area contributed by atoms with Gasteiger partial charge in [0, 0.05) is 55.8 Å². The summed E-state index contributed by atoms with van der Waals surface area (Å²) in [4.78, 5) is 16.3. The highest BCUT2D eigenvalue weighted by Crippen LogP contribution is 2.19. The number of para-hydroxylation sites is 1. The second-order valence-electron chi connectivity index (χ2n) is 5.81. The number of hydrogen-bond acceptors (Lipinski definition) is 4. The number of aromatic nitrogens is 1. The highest BCUT2D eigenvalue weighted by atomic mass is 16.5. The highest BCUT2D eigenvalue weighted by molar-refractivity contribution is 5.95. The minimum atomic E-state index is -0.858. The zero-order valence-corrected chi connectivity index (χ0v) is 12.9. The van der Waals surface area contributed by atoms with Crippen LogP contribution in [0.5, 0.6) is 0 Å². The Kier molecular flexibility index (Phi) is 4.69. The summed E-state index contributed by atoms with van der Waals surface area (Å²) in [6, 6.07) is 9.72. The van der Waals surface area contributed by atoms with Crippen molar-refractivity contribution in [3.05, 3.63) is 48.2 Å². The fraction of sp³-hybridized carbons (Fsp3) is 0.333. The van der Waals surface area contributed by atoms with Gasteiger partial charge in [-0.25, -0.2) is 0 Å². The third-order valence-corrected chi connectivity index (χ3v) is 4.09. The normalized spacial score (nSPS) is 17.4. The minimum absolute atomic E-state index is 0.224. The van der Waals surface area contributed by atoms with Gasteiger partial charge in [0.25, 0.3) is 0 Å². The first-order valence-corrected chi connectivity index (χ1v) is 7.76. The van der Waals surface area contributed by atoms with Gasteiger partial charge in [-0.15, -0.1) is 0 Å². The Hall–Kier alpha value is -2.24. The average Bonchev–Trinajstić information content (AvgIpc) is 2.59. The van der Waals surface area contributed by atoms with E-state index in [1.807, 2.05) is 30.3 Å². The largest absolute Gasteiger partial charge is 0.388 e. The smallest absolute Gasteiger partial charge is 0.244 e. The van der Waals surface area contributed by atoms with E-state index in [0.717, 1.165) is 16.5 Å². The van der Waals surface area contributed by atoms with E-state index in [2.05, 4.69) is 10.3 Å². The number of ether oxygens (including phenoxy) is 1. The standard InChI is InChI=1S/C18H20N2O3/c21-16(20-13-18(22)8-11-23-12-9-18)7-6-15-4-1-3-14-5-2-10-19-17(14)15/h1-7,10,22H,8-9,11-13H2,(H,20,21). The maximum Gasteiger partial charge on any atom is 0.244 e. The molecule has 1 fully saturated rings. The summed E-state index contributed by atoms with van der Waals surface area (Å²) in [5.41, 5.74) is 0.896. The van der Waals surface area contributed by atoms with E-state index in [9.17, 15) is 9.90 Å². The lowest BCUT2D eigenvalue weighted by Gasteiger charge is -2.31. The lowest BCUT2D eigenvalue weighted by Crippen LogP contribution is -2.46. The van der Waals surface area contributed by atoms with E-state index in [0.29, 0.717) is 26.1 Å². The van der Waals surface area contributed by atoms with Crippen LogP contribution in [0.1, 0.15) is 18.4 Å². The molecule has 0 aliphatic carbocycles. The summed E-state index contributed by atoms with van der Waals surface area (Å²) in [5, 5.41) is 14.1. The third kappa shape index (κ3) is 3.94. The van der Waals surface area contributed by atoms with Crippen LogP contribution in [-0.2, 0) is 9.53 Å². The Labute approximate surface area is 135 Å². The molecule has 1 aromatic carbocycles. The Morgan fingerprint density at radius 2 is 2.09 bits per heavy atom. The molecule has 0 spiro atoms. The summed E-state index contributed by atoms with van der Waals surface area (Å²) >= 11 is 0. The summed E-state index contributed by atoms with van der Waals surface area (Å²) in [6.07, 6.45) is 6.06. The Morgan fingerprint density at radius 3 is 2.91 bits per heavy atom. The van der Waals surface area contributed by atoms with E-state index in [-0.39, 0.29) is 12.5 Å². The van der Waals surface area contributed by atoms with Gasteiger partial charge < -0.3 is 15.2 Å². The first-order valence-electron chi connectivity index (χ1n) is 7.76. The summed E-state index contributed by atoms with van der Waals surface area (Å²) in [6.45, 7) is 1.31. The Balaban J connectivity index is 1.64. The lowest BCUT2D eigenvalue weighted by atomic mass is 9.94. The van der Waals surface area contributed by atoms with Crippen LogP contribution in [0, 0.1) is 0 Å². The van der Waals surface area contributed by atoms with E-state index in [4.69, 9.17) is 4.74 Å². The summed E-state index contributed by atoms with van der Waals surface area (Å²) < 4.78 is 5.22. The predicted molar refractivity (Wildman–Crippen MR) is 88.8 cm³/mol. The van der Waals surface area contributed by atoms with Crippen molar-refractivity contribution in [3.63, 3.8) is 0 Å². The average molecular weight is 312 g/mol. The molecular weight excluding hydrogens is 292 g/mol. The van der Waals surface area contributed by atoms with Gasteiger partial charge in [0.1, 0.15) is 0 Å². The first kappa shape index (κ1) is 15.6. The number of hydrogen-bond donors (Lipinski definition) is 2. The number of aliphatic hydroxyl groups is 1. The maximum absolute atomic E-state index is 12.0. The van der Waals surface area contributed by atoms with Crippen molar-refractivity contribution in [1.29, 1.82) is 0 Å². The molecule has 1 aliphatic heterocycles. The number of nitrogens with zero attached hydrogens (tertiary/aromatic N) is 1. The van der Waals surface area contributed by atoms with Gasteiger partial charge in [-0.2, -0.15) is 0 Å². The quantitative estimate of drug-likeness (QED) is 0.846. The summed E-state index contributed by atoms with van der Waals surface area (Å²) in [7, 11) is 0. The number of nitrogens with one attached hydrogen (secondary N) is 1. The van der Waals surface area contributed by atoms with Gasteiger partial charge in [0.05, 0.1) is 11.1 Å². The van der Waals surface area contributed by atoms with Crippen molar-refractivity contribution in [3.8, 4) is 0 Å². The molecule has 1 aliphatic rings. The fourth-order valence-electron chi connectivity index (χ4n) is 2.67. The molecule has 0 radical (unpaired) electrons. The zero-order chi connectivity index (χ0) is 16.1. The SMILES string of the molecule is O=C(C=Cc1cccc2cccnc12)NCC1(O)CCOCC1. The first-order chi connectivity index (χ1) is 11.2. The molecule has 2 heterocycles. The fourth-order valence-corrected chi connectivity index (χ4v) is 2.67. The number of fused-ring (bicyclic) bond motifs is 1. The monoisotopic (exact) mass is 312 g/mol. The molecule has 3 rings (SSSR count). The van der Waals surface area contributed by atoms with E-state index < -0.39 is 5.60 Å². The van der Waals surface area contributed by atoms with Crippen LogP contribution in [0.4, 0.5) is 0 Å². The second-order valence-corrected chi connectivity index (χ2v) is 5.81. The van der Waals surface area contributed by atoms with Crippen molar-refractivity contribution in [2.75, 3.05) is 19.8 Å². The van der Waals surface area contributed by atoms with Crippen molar-refractivity contribution < 1.29 is 14.6 Å². The van der Waals surface area contributed by atoms with Crippen LogP contribution in [0.15, 0.2) is 42.6 Å². The third-order valence-electron chi connectivity index (χ3n) is 4.09. The van der Waals surface area contributed by atoms with Crippen LogP contribution in [0.25, 0.3) is 17.0 Å². The van der Waals surface area contributed by atoms with Gasteiger partial charge in [0.2, 0.25) is 5.91 Å². The molecule has 23 heavy (non-hydrogen) atoms. The number of benzene rings is 1. The Bertz CT molecular complexity index is 716. The van der Waals surface area contributed by atoms with Gasteiger partial charge in [-0.3, -0.25) is 9.78 Å². The van der Waals surface area contributed by atoms with E-state index >= 15 is 0 Å². The van der Waals surface area contributed by atoms with Crippen molar-refractivity contribution in [2.45, 2.75) is 18.4 Å². The summed E-state index contributed by atoms with van der Waals surface area (Å²) in [5.74, 6) is -0.224. The lowest BCUT2D eigenvalue weighted by molar-refractivity contribution is -0.119. The number of carbonyl (C=O) groups excluding carboxylic acids is 1. The van der Waals surface area contributed by atoms with Crippen molar-refractivity contribution >= 4 is 22.9 Å². The molecule has 1 aromatic heterocycles. The molecule has 5 nitrogen and oxygen atoms in total. The molecule has 0 unspecified atom stereocenters. The van der Waals surface area contributed by atoms with Gasteiger partial charge in [-0.05, 0) is 12.1 Å². The van der Waals surface area contributed by atoms with Crippen LogP contribution in [0.2, 0.25) is 0 Å². The molecule has 0 saturated carbocycles. The molecule has 1 amide bonds. The molecular formula is C18H20N2O3. The molecule has 120 valence electrons. The van der Waals surface area contributed by atoms with Crippen molar-refractivity contribution in [2.24, 2.45) is 0 Å². The maximum atomic E-state index is 12.0. The zero-order valence-electron chi connectivity index (χ0n) is 12.9. The van der Waals surface area contributed by atoms with Gasteiger partial charge in [0.15, 0.2) is 0 Å². The number of rotatable bonds is 4. The number of amides is 1. The molecule has 1 saturated heterocycles. The molecule has 0 atom stereocenters. The molecule has 2 N–H and O–H groups in total. The van der Waals surface area contributed by atoms with Crippen LogP contribution in [-0.4, -0.2) is 41.4 Å². The van der Waals surface area contributed by atoms with Crippen LogP contribution >= 0.6 is 0 Å². The molecule has 2 aromatic rings. The predicted octanol–water partition coefficient (Wildman–Crippen LogP) is 1.91. The van der Waals surface area contributed by atoms with Gasteiger partial charge >= 0.3 is 0 Å². The Morgan fingerprint density at radius 1 is 1.30 bits per heavy atom. The van der Waals surface area contributed by atoms with Crippen LogP contribution < -0.4 is 5.32 Å². The minimum Gasteiger partial charge on any atom is -0.388 e. The topological polar surface area (TPSA) is 71.5 Å². The highest BCUT2D eigenvalue weighted by Gasteiger charge is 2.29.